The molecule has 2 rings (SSSR count). The van der Waals surface area contributed by atoms with Gasteiger partial charge >= 0.3 is 0 Å². The van der Waals surface area contributed by atoms with Gasteiger partial charge in [0.05, 0.1) is 12.4 Å². The van der Waals surface area contributed by atoms with Crippen molar-refractivity contribution in [3.63, 3.8) is 0 Å². The minimum atomic E-state index is 0.224. The van der Waals surface area contributed by atoms with Gasteiger partial charge in [-0.25, -0.2) is 4.98 Å². The lowest BCUT2D eigenvalue weighted by atomic mass is 10.1. The molecule has 0 N–H and O–H groups in total. The van der Waals surface area contributed by atoms with Crippen molar-refractivity contribution in [1.29, 1.82) is 0 Å². The maximum absolute atomic E-state index is 6.09. The van der Waals surface area contributed by atoms with E-state index in [0.717, 1.165) is 37.4 Å². The molecule has 0 saturated carbocycles. The molecule has 1 aromatic heterocycles. The number of halogens is 1. The number of nitrogens with zero attached hydrogens (tertiary/aromatic N) is 2. The summed E-state index contributed by atoms with van der Waals surface area (Å²) in [4.78, 5) is 4.11. The number of imidazole rings is 1. The Labute approximate surface area is 138 Å². The van der Waals surface area contributed by atoms with E-state index in [-0.39, 0.29) is 6.10 Å². The number of ether oxygens (including phenoxy) is 1. The van der Waals surface area contributed by atoms with Gasteiger partial charge in [-0.2, -0.15) is 0 Å². The topological polar surface area (TPSA) is 27.1 Å². The normalized spacial score (nSPS) is 12.5. The van der Waals surface area contributed by atoms with Crippen LogP contribution in [0.2, 0.25) is 5.02 Å². The Balaban J connectivity index is 1.84. The summed E-state index contributed by atoms with van der Waals surface area (Å²) in [6.45, 7) is 3.91. The van der Waals surface area contributed by atoms with Gasteiger partial charge in [-0.15, -0.1) is 0 Å². The van der Waals surface area contributed by atoms with Crippen LogP contribution >= 0.6 is 11.6 Å². The van der Waals surface area contributed by atoms with Crippen LogP contribution in [0, 0.1) is 0 Å². The van der Waals surface area contributed by atoms with E-state index < -0.39 is 0 Å². The minimum Gasteiger partial charge on any atom is -0.376 e. The van der Waals surface area contributed by atoms with Crippen molar-refractivity contribution in [2.45, 2.75) is 51.7 Å². The number of benzene rings is 1. The number of rotatable bonds is 10. The van der Waals surface area contributed by atoms with Crippen LogP contribution in [-0.2, 0) is 17.7 Å². The van der Waals surface area contributed by atoms with Gasteiger partial charge in [0.25, 0.3) is 0 Å². The van der Waals surface area contributed by atoms with Gasteiger partial charge in [0.1, 0.15) is 0 Å². The van der Waals surface area contributed by atoms with E-state index >= 15 is 0 Å². The van der Waals surface area contributed by atoms with E-state index in [0.29, 0.717) is 0 Å². The summed E-state index contributed by atoms with van der Waals surface area (Å²) in [6, 6.07) is 8.08. The highest BCUT2D eigenvalue weighted by Gasteiger charge is 2.10. The first kappa shape index (κ1) is 17.0. The Morgan fingerprint density at radius 3 is 2.73 bits per heavy atom. The first-order chi connectivity index (χ1) is 10.8. The molecule has 0 aliphatic carbocycles. The van der Waals surface area contributed by atoms with Crippen molar-refractivity contribution in [2.24, 2.45) is 0 Å². The van der Waals surface area contributed by atoms with Crippen LogP contribution in [0.3, 0.4) is 0 Å². The van der Waals surface area contributed by atoms with Gasteiger partial charge < -0.3 is 9.30 Å². The van der Waals surface area contributed by atoms with Gasteiger partial charge in [0.15, 0.2) is 0 Å². The number of hydrogen-bond acceptors (Lipinski definition) is 2. The van der Waals surface area contributed by atoms with Crippen LogP contribution < -0.4 is 0 Å². The summed E-state index contributed by atoms with van der Waals surface area (Å²) < 4.78 is 8.18. The zero-order valence-electron chi connectivity index (χ0n) is 13.2. The van der Waals surface area contributed by atoms with Crippen molar-refractivity contribution >= 4 is 11.6 Å². The van der Waals surface area contributed by atoms with Gasteiger partial charge in [-0.05, 0) is 37.0 Å². The highest BCUT2D eigenvalue weighted by atomic mass is 35.5. The molecule has 1 unspecified atom stereocenters. The second-order valence-corrected chi connectivity index (χ2v) is 6.06. The third-order valence-electron chi connectivity index (χ3n) is 3.74. The fourth-order valence-electron chi connectivity index (χ4n) is 2.44. The van der Waals surface area contributed by atoms with Crippen LogP contribution in [0.15, 0.2) is 43.0 Å². The minimum absolute atomic E-state index is 0.224. The molecule has 0 fully saturated rings. The maximum atomic E-state index is 6.09. The van der Waals surface area contributed by atoms with Crippen LogP contribution in [0.25, 0.3) is 0 Å². The molecule has 3 nitrogen and oxygen atoms in total. The standard InChI is InChI=1S/C18H25ClN2O/c1-2-3-4-13-22-18(14-21-12-11-20-15-21)10-7-16-5-8-17(19)9-6-16/h5-6,8-9,11-12,15,18H,2-4,7,10,13-14H2,1H3. The molecule has 0 bridgehead atoms. The molecule has 120 valence electrons. The molecule has 1 atom stereocenters. The first-order valence-corrected chi connectivity index (χ1v) is 8.47. The highest BCUT2D eigenvalue weighted by molar-refractivity contribution is 6.30. The van der Waals surface area contributed by atoms with Gasteiger partial charge in [-0.1, -0.05) is 43.5 Å². The van der Waals surface area contributed by atoms with Crippen molar-refractivity contribution in [3.05, 3.63) is 53.6 Å². The fraction of sp³-hybridized carbons (Fsp3) is 0.500. The largest absolute Gasteiger partial charge is 0.376 e. The number of unbranched alkanes of at least 4 members (excludes halogenated alkanes) is 2. The Morgan fingerprint density at radius 2 is 2.05 bits per heavy atom. The summed E-state index contributed by atoms with van der Waals surface area (Å²) in [5.41, 5.74) is 1.30. The van der Waals surface area contributed by atoms with Crippen LogP contribution in [0.4, 0.5) is 0 Å². The monoisotopic (exact) mass is 320 g/mol. The van der Waals surface area contributed by atoms with E-state index in [4.69, 9.17) is 16.3 Å². The third-order valence-corrected chi connectivity index (χ3v) is 4.00. The van der Waals surface area contributed by atoms with E-state index in [9.17, 15) is 0 Å². The zero-order valence-corrected chi connectivity index (χ0v) is 14.0. The Hall–Kier alpha value is -1.32. The predicted octanol–water partition coefficient (Wildman–Crippen LogP) is 4.74. The fourth-order valence-corrected chi connectivity index (χ4v) is 2.56. The van der Waals surface area contributed by atoms with Crippen molar-refractivity contribution in [3.8, 4) is 0 Å². The van der Waals surface area contributed by atoms with E-state index in [1.165, 1.54) is 18.4 Å². The van der Waals surface area contributed by atoms with Crippen molar-refractivity contribution in [1.82, 2.24) is 9.55 Å². The third kappa shape index (κ3) is 6.20. The van der Waals surface area contributed by atoms with Gasteiger partial charge in [0, 0.05) is 30.6 Å². The zero-order chi connectivity index (χ0) is 15.6. The smallest absolute Gasteiger partial charge is 0.0946 e. The summed E-state index contributed by atoms with van der Waals surface area (Å²) >= 11 is 5.93. The predicted molar refractivity (Wildman–Crippen MR) is 91.3 cm³/mol. The molecule has 0 radical (unpaired) electrons. The van der Waals surface area contributed by atoms with E-state index in [2.05, 4.69) is 28.6 Å². The molecular formula is C18H25ClN2O. The average Bonchev–Trinajstić information content (AvgIpc) is 3.03. The maximum Gasteiger partial charge on any atom is 0.0946 e. The number of aromatic nitrogens is 2. The van der Waals surface area contributed by atoms with Crippen molar-refractivity contribution < 1.29 is 4.74 Å². The molecule has 2 aromatic rings. The quantitative estimate of drug-likeness (QED) is 0.591. The molecule has 0 aliphatic heterocycles. The summed E-state index contributed by atoms with van der Waals surface area (Å²) in [6.07, 6.45) is 11.5. The van der Waals surface area contributed by atoms with Crippen LogP contribution in [0.5, 0.6) is 0 Å². The summed E-state index contributed by atoms with van der Waals surface area (Å²) in [7, 11) is 0. The molecular weight excluding hydrogens is 296 g/mol. The number of hydrogen-bond donors (Lipinski definition) is 0. The summed E-state index contributed by atoms with van der Waals surface area (Å²) in [5.74, 6) is 0. The van der Waals surface area contributed by atoms with Crippen molar-refractivity contribution in [2.75, 3.05) is 6.61 Å². The van der Waals surface area contributed by atoms with Crippen LogP contribution in [0.1, 0.15) is 38.2 Å². The highest BCUT2D eigenvalue weighted by Crippen LogP contribution is 2.14. The van der Waals surface area contributed by atoms with Gasteiger partial charge in [-0.3, -0.25) is 0 Å². The van der Waals surface area contributed by atoms with Gasteiger partial charge in [0.2, 0.25) is 0 Å². The second-order valence-electron chi connectivity index (χ2n) is 5.62. The number of aryl methyl sites for hydroxylation is 1. The molecule has 22 heavy (non-hydrogen) atoms. The summed E-state index contributed by atoms with van der Waals surface area (Å²) in [5, 5.41) is 0.787. The lowest BCUT2D eigenvalue weighted by molar-refractivity contribution is 0.0337. The molecule has 0 spiro atoms. The second kappa shape index (κ2) is 9.65. The molecule has 0 saturated heterocycles. The molecule has 0 aliphatic rings. The Bertz CT molecular complexity index is 510. The molecule has 0 amide bonds. The first-order valence-electron chi connectivity index (χ1n) is 8.09. The molecule has 1 aromatic carbocycles. The SMILES string of the molecule is CCCCCOC(CCc1ccc(Cl)cc1)Cn1ccnc1. The average molecular weight is 321 g/mol. The molecule has 4 heteroatoms. The van der Waals surface area contributed by atoms with Crippen LogP contribution in [-0.4, -0.2) is 22.3 Å². The lowest BCUT2D eigenvalue weighted by Gasteiger charge is -2.18. The van der Waals surface area contributed by atoms with E-state index in [1.807, 2.05) is 30.9 Å². The Kier molecular flexibility index (Phi) is 7.47. The molecule has 1 heterocycles. The lowest BCUT2D eigenvalue weighted by Crippen LogP contribution is -2.21. The van der Waals surface area contributed by atoms with E-state index in [1.54, 1.807) is 0 Å². The Morgan fingerprint density at radius 1 is 1.23 bits per heavy atom.